The lowest BCUT2D eigenvalue weighted by Crippen LogP contribution is -2.42. The van der Waals surface area contributed by atoms with Gasteiger partial charge in [-0.15, -0.1) is 23.2 Å². The third-order valence-electron chi connectivity index (χ3n) is 5.09. The van der Waals surface area contributed by atoms with E-state index in [1.54, 1.807) is 0 Å². The molecule has 0 aromatic carbocycles. The van der Waals surface area contributed by atoms with Gasteiger partial charge in [-0.1, -0.05) is 83.5 Å². The number of carbonyl (C=O) groups excluding carboxylic acids is 1. The number of hydrogen-bond acceptors (Lipinski definition) is 3. The summed E-state index contributed by atoms with van der Waals surface area (Å²) in [6.07, 6.45) is 16.9. The number of nitrogens with one attached hydrogen (secondary N) is 1. The first-order chi connectivity index (χ1) is 14.3. The molecule has 0 aliphatic heterocycles. The smallest absolute Gasteiger partial charge is 0.326 e. The van der Waals surface area contributed by atoms with Crippen LogP contribution in [0.3, 0.4) is 0 Å². The van der Waals surface area contributed by atoms with E-state index in [2.05, 4.69) is 5.32 Å². The summed E-state index contributed by atoms with van der Waals surface area (Å²) >= 11 is 11.4. The van der Waals surface area contributed by atoms with Crippen LogP contribution in [0.25, 0.3) is 0 Å². The van der Waals surface area contributed by atoms with Gasteiger partial charge in [-0.2, -0.15) is 0 Å². The van der Waals surface area contributed by atoms with Crippen LogP contribution in [0, 0.1) is 0 Å². The Labute approximate surface area is 191 Å². The van der Waals surface area contributed by atoms with Crippen LogP contribution in [-0.4, -0.2) is 38.9 Å². The number of amides is 1. The molecule has 0 aromatic heterocycles. The van der Waals surface area contributed by atoms with Crippen molar-refractivity contribution in [2.75, 3.05) is 0 Å². The second kappa shape index (κ2) is 19.9. The van der Waals surface area contributed by atoms with Crippen LogP contribution in [0.5, 0.6) is 0 Å². The van der Waals surface area contributed by atoms with E-state index in [0.29, 0.717) is 6.42 Å². The van der Waals surface area contributed by atoms with E-state index < -0.39 is 30.3 Å². The van der Waals surface area contributed by atoms with Gasteiger partial charge in [-0.05, 0) is 12.8 Å². The third kappa shape index (κ3) is 20.3. The molecular formula is C22H39Cl2NO5. The van der Waals surface area contributed by atoms with E-state index in [4.69, 9.17) is 33.4 Å². The Balaban J connectivity index is 3.39. The van der Waals surface area contributed by atoms with E-state index in [-0.39, 0.29) is 11.3 Å². The predicted octanol–water partition coefficient (Wildman–Crippen LogP) is 6.08. The van der Waals surface area contributed by atoms with Crippen molar-refractivity contribution in [2.45, 2.75) is 120 Å². The Bertz CT molecular complexity index is 474. The Kier molecular flexibility index (Phi) is 19.3. The summed E-state index contributed by atoms with van der Waals surface area (Å²) < 4.78 is 0. The van der Waals surface area contributed by atoms with E-state index >= 15 is 0 Å². The maximum Gasteiger partial charge on any atom is 0.326 e. The van der Waals surface area contributed by atoms with Crippen LogP contribution in [0.15, 0.2) is 0 Å². The number of carboxylic acid groups (broad SMARTS) is 2. The molecule has 0 aliphatic carbocycles. The maximum atomic E-state index is 11.7. The number of alkyl halides is 2. The van der Waals surface area contributed by atoms with E-state index in [0.717, 1.165) is 32.1 Å². The van der Waals surface area contributed by atoms with Gasteiger partial charge < -0.3 is 15.5 Å². The van der Waals surface area contributed by atoms with Crippen molar-refractivity contribution < 1.29 is 24.6 Å². The zero-order chi connectivity index (χ0) is 22.6. The molecule has 0 bridgehead atoms. The highest BCUT2D eigenvalue weighted by Gasteiger charge is 2.22. The molecule has 0 heterocycles. The van der Waals surface area contributed by atoms with Crippen molar-refractivity contribution in [3.05, 3.63) is 0 Å². The Morgan fingerprint density at radius 2 is 1.07 bits per heavy atom. The van der Waals surface area contributed by atoms with Crippen LogP contribution in [0.1, 0.15) is 109 Å². The SMILES string of the molecule is O=C(O)C[C@H](NC(=O)CCCCCCCCCCCCCCCCC(Cl)Cl)C(=O)O. The summed E-state index contributed by atoms with van der Waals surface area (Å²) in [6, 6.07) is -1.36. The van der Waals surface area contributed by atoms with Gasteiger partial charge in [0.25, 0.3) is 0 Å². The van der Waals surface area contributed by atoms with Crippen molar-refractivity contribution in [1.82, 2.24) is 5.32 Å². The molecule has 6 nitrogen and oxygen atoms in total. The average molecular weight is 468 g/mol. The molecule has 0 fully saturated rings. The summed E-state index contributed by atoms with van der Waals surface area (Å²) in [5, 5.41) is 19.8. The predicted molar refractivity (Wildman–Crippen MR) is 121 cm³/mol. The molecule has 0 spiro atoms. The second-order valence-electron chi connectivity index (χ2n) is 7.94. The number of hydrogen-bond donors (Lipinski definition) is 3. The van der Waals surface area contributed by atoms with Gasteiger partial charge in [-0.3, -0.25) is 9.59 Å². The maximum absolute atomic E-state index is 11.7. The normalized spacial score (nSPS) is 12.1. The lowest BCUT2D eigenvalue weighted by atomic mass is 10.0. The molecule has 0 rings (SSSR count). The first-order valence-electron chi connectivity index (χ1n) is 11.3. The Hall–Kier alpha value is -1.01. The van der Waals surface area contributed by atoms with Gasteiger partial charge in [0.05, 0.1) is 6.42 Å². The standard InChI is InChI=1S/C22H39Cl2NO5/c23-19(24)15-13-11-9-7-5-3-1-2-4-6-8-10-12-14-16-20(26)25-18(22(29)30)17-21(27)28/h18-19H,1-17H2,(H,25,26)(H,27,28)(H,29,30)/t18-/m0/s1. The van der Waals surface area contributed by atoms with Crippen molar-refractivity contribution in [1.29, 1.82) is 0 Å². The quantitative estimate of drug-likeness (QED) is 0.140. The molecule has 0 unspecified atom stereocenters. The van der Waals surface area contributed by atoms with Crippen LogP contribution < -0.4 is 5.32 Å². The fraction of sp³-hybridized carbons (Fsp3) is 0.864. The number of halogens is 2. The highest BCUT2D eigenvalue weighted by molar-refractivity contribution is 6.44. The lowest BCUT2D eigenvalue weighted by molar-refractivity contribution is -0.147. The highest BCUT2D eigenvalue weighted by atomic mass is 35.5. The molecule has 0 aromatic rings. The topological polar surface area (TPSA) is 104 Å². The van der Waals surface area contributed by atoms with Crippen LogP contribution in [0.4, 0.5) is 0 Å². The molecule has 1 amide bonds. The van der Waals surface area contributed by atoms with Crippen LogP contribution >= 0.6 is 23.2 Å². The second-order valence-corrected chi connectivity index (χ2v) is 9.21. The molecule has 1 atom stereocenters. The number of rotatable bonds is 21. The number of aliphatic carboxylic acids is 2. The minimum atomic E-state index is -1.36. The third-order valence-corrected chi connectivity index (χ3v) is 5.52. The molecule has 0 saturated carbocycles. The van der Waals surface area contributed by atoms with Crippen LogP contribution in [-0.2, 0) is 14.4 Å². The van der Waals surface area contributed by atoms with Crippen molar-refractivity contribution in [3.8, 4) is 0 Å². The molecule has 8 heteroatoms. The summed E-state index contributed by atoms with van der Waals surface area (Å²) in [7, 11) is 0. The van der Waals surface area contributed by atoms with Gasteiger partial charge in [0.15, 0.2) is 0 Å². The minimum Gasteiger partial charge on any atom is -0.481 e. The summed E-state index contributed by atoms with van der Waals surface area (Å²) in [5.41, 5.74) is 0. The van der Waals surface area contributed by atoms with E-state index in [1.807, 2.05) is 0 Å². The Morgan fingerprint density at radius 1 is 0.667 bits per heavy atom. The fourth-order valence-corrected chi connectivity index (χ4v) is 3.66. The molecular weight excluding hydrogens is 429 g/mol. The number of carboxylic acids is 2. The molecule has 0 saturated heterocycles. The van der Waals surface area contributed by atoms with Gasteiger partial charge >= 0.3 is 11.9 Å². The summed E-state index contributed by atoms with van der Waals surface area (Å²) in [5.74, 6) is -2.96. The highest BCUT2D eigenvalue weighted by Crippen LogP contribution is 2.16. The van der Waals surface area contributed by atoms with E-state index in [9.17, 15) is 14.4 Å². The van der Waals surface area contributed by atoms with Gasteiger partial charge in [0.2, 0.25) is 5.91 Å². The molecule has 0 radical (unpaired) electrons. The largest absolute Gasteiger partial charge is 0.481 e. The monoisotopic (exact) mass is 467 g/mol. The summed E-state index contributed by atoms with van der Waals surface area (Å²) in [4.78, 5) is 33.0. The number of carbonyl (C=O) groups is 3. The molecule has 176 valence electrons. The molecule has 0 aliphatic rings. The van der Waals surface area contributed by atoms with Crippen molar-refractivity contribution in [2.24, 2.45) is 0 Å². The molecule has 30 heavy (non-hydrogen) atoms. The van der Waals surface area contributed by atoms with Crippen molar-refractivity contribution >= 4 is 41.0 Å². The van der Waals surface area contributed by atoms with Gasteiger partial charge in [-0.25, -0.2) is 4.79 Å². The van der Waals surface area contributed by atoms with Crippen LogP contribution in [0.2, 0.25) is 0 Å². The van der Waals surface area contributed by atoms with E-state index in [1.165, 1.54) is 57.8 Å². The average Bonchev–Trinajstić information content (AvgIpc) is 2.66. The van der Waals surface area contributed by atoms with Gasteiger partial charge in [0.1, 0.15) is 10.9 Å². The minimum absolute atomic E-state index is 0.216. The molecule has 3 N–H and O–H groups in total. The Morgan fingerprint density at radius 3 is 1.43 bits per heavy atom. The zero-order valence-electron chi connectivity index (χ0n) is 18.1. The summed E-state index contributed by atoms with van der Waals surface area (Å²) in [6.45, 7) is 0. The fourth-order valence-electron chi connectivity index (χ4n) is 3.35. The lowest BCUT2D eigenvalue weighted by Gasteiger charge is -2.12. The number of unbranched alkanes of at least 4 members (excludes halogenated alkanes) is 13. The zero-order valence-corrected chi connectivity index (χ0v) is 19.6. The van der Waals surface area contributed by atoms with Crippen molar-refractivity contribution in [3.63, 3.8) is 0 Å². The first-order valence-corrected chi connectivity index (χ1v) is 12.2. The van der Waals surface area contributed by atoms with Gasteiger partial charge in [0, 0.05) is 6.42 Å². The first kappa shape index (κ1) is 29.0.